The Morgan fingerprint density at radius 2 is 1.45 bits per heavy atom. The standard InChI is InChI=1S/C24H22N2O3/c1-27-26-24(21-5-3-2-4-6-21)18-29-23-13-9-20(10-14-23)17-28-22-11-7-19(8-12-22)15-16-25/h2-14H,15,17-18H2,1H3. The number of benzene rings is 3. The number of rotatable bonds is 9. The molecule has 29 heavy (non-hydrogen) atoms. The van der Waals surface area contributed by atoms with E-state index < -0.39 is 0 Å². The van der Waals surface area contributed by atoms with Gasteiger partial charge in [0.05, 0.1) is 12.5 Å². The van der Waals surface area contributed by atoms with Crippen LogP contribution in [0.2, 0.25) is 0 Å². The van der Waals surface area contributed by atoms with Crippen molar-refractivity contribution in [2.24, 2.45) is 5.16 Å². The third-order valence-corrected chi connectivity index (χ3v) is 4.22. The van der Waals surface area contributed by atoms with Gasteiger partial charge in [-0.25, -0.2) is 0 Å². The quantitative estimate of drug-likeness (QED) is 0.393. The largest absolute Gasteiger partial charge is 0.489 e. The van der Waals surface area contributed by atoms with Crippen LogP contribution < -0.4 is 9.47 Å². The summed E-state index contributed by atoms with van der Waals surface area (Å²) in [6.07, 6.45) is 0.406. The highest BCUT2D eigenvalue weighted by Crippen LogP contribution is 2.17. The van der Waals surface area contributed by atoms with Crippen LogP contribution in [0.15, 0.2) is 84.0 Å². The fourth-order valence-corrected chi connectivity index (χ4v) is 2.70. The Hall–Kier alpha value is -3.78. The minimum Gasteiger partial charge on any atom is -0.489 e. The Labute approximate surface area is 170 Å². The molecule has 0 heterocycles. The van der Waals surface area contributed by atoms with Crippen molar-refractivity contribution in [1.82, 2.24) is 0 Å². The van der Waals surface area contributed by atoms with Gasteiger partial charge in [-0.15, -0.1) is 0 Å². The van der Waals surface area contributed by atoms with Crippen molar-refractivity contribution >= 4 is 5.71 Å². The summed E-state index contributed by atoms with van der Waals surface area (Å²) in [7, 11) is 1.52. The molecule has 0 spiro atoms. The zero-order chi connectivity index (χ0) is 20.3. The average molecular weight is 386 g/mol. The first-order valence-corrected chi connectivity index (χ1v) is 9.24. The fraction of sp³-hybridized carbons (Fsp3) is 0.167. The summed E-state index contributed by atoms with van der Waals surface area (Å²) >= 11 is 0. The van der Waals surface area contributed by atoms with Crippen LogP contribution >= 0.6 is 0 Å². The van der Waals surface area contributed by atoms with Gasteiger partial charge in [-0.1, -0.05) is 59.8 Å². The second kappa shape index (κ2) is 10.5. The second-order valence-electron chi connectivity index (χ2n) is 6.29. The third-order valence-electron chi connectivity index (χ3n) is 4.22. The molecule has 3 rings (SSSR count). The van der Waals surface area contributed by atoms with Gasteiger partial charge < -0.3 is 14.3 Å². The van der Waals surface area contributed by atoms with Gasteiger partial charge in [-0.05, 0) is 35.4 Å². The van der Waals surface area contributed by atoms with E-state index in [0.29, 0.717) is 19.6 Å². The molecule has 0 aliphatic carbocycles. The Kier molecular flexibility index (Phi) is 7.25. The van der Waals surface area contributed by atoms with Gasteiger partial charge in [0.15, 0.2) is 0 Å². The van der Waals surface area contributed by atoms with Gasteiger partial charge >= 0.3 is 0 Å². The maximum absolute atomic E-state index is 8.71. The summed E-state index contributed by atoms with van der Waals surface area (Å²) in [5.74, 6) is 1.52. The lowest BCUT2D eigenvalue weighted by molar-refractivity contribution is 0.210. The van der Waals surface area contributed by atoms with Crippen LogP contribution in [-0.4, -0.2) is 19.4 Å². The summed E-state index contributed by atoms with van der Waals surface area (Å²) in [6.45, 7) is 0.765. The first-order valence-electron chi connectivity index (χ1n) is 9.24. The number of ether oxygens (including phenoxy) is 2. The Bertz CT molecular complexity index is 960. The lowest BCUT2D eigenvalue weighted by Crippen LogP contribution is -2.13. The monoisotopic (exact) mass is 386 g/mol. The van der Waals surface area contributed by atoms with Crippen molar-refractivity contribution in [3.8, 4) is 17.6 Å². The van der Waals surface area contributed by atoms with Crippen molar-refractivity contribution < 1.29 is 14.3 Å². The molecule has 0 aromatic heterocycles. The molecule has 0 amide bonds. The lowest BCUT2D eigenvalue weighted by atomic mass is 10.1. The van der Waals surface area contributed by atoms with E-state index in [0.717, 1.165) is 33.9 Å². The zero-order valence-corrected chi connectivity index (χ0v) is 16.2. The average Bonchev–Trinajstić information content (AvgIpc) is 2.78. The Morgan fingerprint density at radius 3 is 2.07 bits per heavy atom. The van der Waals surface area contributed by atoms with E-state index in [9.17, 15) is 0 Å². The van der Waals surface area contributed by atoms with E-state index in [1.165, 1.54) is 7.11 Å². The lowest BCUT2D eigenvalue weighted by Gasteiger charge is -2.10. The van der Waals surface area contributed by atoms with Crippen LogP contribution in [0.3, 0.4) is 0 Å². The highest BCUT2D eigenvalue weighted by Gasteiger charge is 2.06. The molecule has 5 nitrogen and oxygen atoms in total. The molecule has 0 fully saturated rings. The predicted molar refractivity (Wildman–Crippen MR) is 112 cm³/mol. The second-order valence-corrected chi connectivity index (χ2v) is 6.29. The molecule has 3 aromatic carbocycles. The number of nitrogens with zero attached hydrogens (tertiary/aromatic N) is 2. The van der Waals surface area contributed by atoms with Gasteiger partial charge in [0, 0.05) is 5.56 Å². The van der Waals surface area contributed by atoms with Crippen LogP contribution in [0.4, 0.5) is 0 Å². The third kappa shape index (κ3) is 6.12. The van der Waals surface area contributed by atoms with Crippen LogP contribution in [0.5, 0.6) is 11.5 Å². The molecular formula is C24H22N2O3. The normalized spacial score (nSPS) is 10.8. The van der Waals surface area contributed by atoms with Crippen molar-refractivity contribution in [3.05, 3.63) is 95.6 Å². The molecule has 0 aliphatic rings. The summed E-state index contributed by atoms with van der Waals surface area (Å²) in [5.41, 5.74) is 3.70. The van der Waals surface area contributed by atoms with Gasteiger partial charge in [0.1, 0.15) is 37.5 Å². The van der Waals surface area contributed by atoms with Gasteiger partial charge in [-0.3, -0.25) is 0 Å². The van der Waals surface area contributed by atoms with E-state index in [4.69, 9.17) is 19.6 Å². The first kappa shape index (κ1) is 20.0. The first-order chi connectivity index (χ1) is 14.3. The molecule has 5 heteroatoms. The molecule has 0 saturated heterocycles. The Morgan fingerprint density at radius 1 is 0.828 bits per heavy atom. The van der Waals surface area contributed by atoms with E-state index in [2.05, 4.69) is 11.2 Å². The van der Waals surface area contributed by atoms with Gasteiger partial charge in [0.25, 0.3) is 0 Å². The fourth-order valence-electron chi connectivity index (χ4n) is 2.70. The highest BCUT2D eigenvalue weighted by atomic mass is 16.6. The molecule has 0 atom stereocenters. The maximum atomic E-state index is 8.71. The summed E-state index contributed by atoms with van der Waals surface area (Å²) in [6, 6.07) is 27.2. The number of oxime groups is 1. The van der Waals surface area contributed by atoms with Crippen LogP contribution in [-0.2, 0) is 17.9 Å². The van der Waals surface area contributed by atoms with Crippen LogP contribution in [0.25, 0.3) is 0 Å². The van der Waals surface area contributed by atoms with E-state index in [-0.39, 0.29) is 0 Å². The topological polar surface area (TPSA) is 63.8 Å². The van der Waals surface area contributed by atoms with Crippen LogP contribution in [0, 0.1) is 11.3 Å². The minimum absolute atomic E-state index is 0.308. The summed E-state index contributed by atoms with van der Waals surface area (Å²) < 4.78 is 11.6. The molecule has 146 valence electrons. The minimum atomic E-state index is 0.308. The smallest absolute Gasteiger partial charge is 0.134 e. The number of hydrogen-bond donors (Lipinski definition) is 0. The van der Waals surface area contributed by atoms with Crippen LogP contribution in [0.1, 0.15) is 16.7 Å². The molecular weight excluding hydrogens is 364 g/mol. The number of nitriles is 1. The van der Waals surface area contributed by atoms with Crippen molar-refractivity contribution in [3.63, 3.8) is 0 Å². The van der Waals surface area contributed by atoms with E-state index in [1.54, 1.807) is 0 Å². The molecule has 0 saturated carbocycles. The summed E-state index contributed by atoms with van der Waals surface area (Å²) in [4.78, 5) is 4.94. The highest BCUT2D eigenvalue weighted by molar-refractivity contribution is 6.01. The molecule has 0 N–H and O–H groups in total. The molecule has 0 bridgehead atoms. The van der Waals surface area contributed by atoms with E-state index in [1.807, 2.05) is 78.9 Å². The van der Waals surface area contributed by atoms with Gasteiger partial charge in [0.2, 0.25) is 0 Å². The summed E-state index contributed by atoms with van der Waals surface area (Å²) in [5, 5.41) is 12.8. The van der Waals surface area contributed by atoms with E-state index >= 15 is 0 Å². The zero-order valence-electron chi connectivity index (χ0n) is 16.2. The van der Waals surface area contributed by atoms with Crippen molar-refractivity contribution in [1.29, 1.82) is 5.26 Å². The Balaban J connectivity index is 1.53. The molecule has 0 unspecified atom stereocenters. The molecule has 0 radical (unpaired) electrons. The molecule has 3 aromatic rings. The number of hydrogen-bond acceptors (Lipinski definition) is 5. The van der Waals surface area contributed by atoms with Crippen molar-refractivity contribution in [2.75, 3.05) is 13.7 Å². The molecule has 0 aliphatic heterocycles. The SMILES string of the molecule is CON=C(COc1ccc(COc2ccc(CC#N)cc2)cc1)c1ccccc1. The van der Waals surface area contributed by atoms with Crippen molar-refractivity contribution in [2.45, 2.75) is 13.0 Å². The van der Waals surface area contributed by atoms with Gasteiger partial charge in [-0.2, -0.15) is 5.26 Å². The maximum Gasteiger partial charge on any atom is 0.134 e. The predicted octanol–water partition coefficient (Wildman–Crippen LogP) is 4.76.